The quantitative estimate of drug-likeness (QED) is 0.674. The largest absolute Gasteiger partial charge is 0.457 e. The number of para-hydroxylation sites is 1. The van der Waals surface area contributed by atoms with Crippen molar-refractivity contribution in [2.45, 2.75) is 38.4 Å². The van der Waals surface area contributed by atoms with Crippen molar-refractivity contribution in [2.24, 2.45) is 0 Å². The van der Waals surface area contributed by atoms with Crippen molar-refractivity contribution in [3.8, 4) is 11.5 Å². The molecule has 3 aromatic rings. The molecule has 0 aromatic heterocycles. The van der Waals surface area contributed by atoms with Crippen molar-refractivity contribution < 1.29 is 14.5 Å². The third-order valence-corrected chi connectivity index (χ3v) is 6.85. The Morgan fingerprint density at radius 3 is 2.30 bits per heavy atom. The number of fused-ring (bicyclic) bond motifs is 1. The first-order valence-corrected chi connectivity index (χ1v) is 11.4. The number of hydrogen-bond donors (Lipinski definition) is 2. The number of quaternary nitrogens is 2. The van der Waals surface area contributed by atoms with Crippen LogP contribution in [0.3, 0.4) is 0 Å². The summed E-state index contributed by atoms with van der Waals surface area (Å²) < 4.78 is 6.02. The van der Waals surface area contributed by atoms with E-state index in [0.717, 1.165) is 24.1 Å². The van der Waals surface area contributed by atoms with E-state index in [1.807, 2.05) is 35.2 Å². The monoisotopic (exact) mass is 400 g/mol. The Hall–Kier alpha value is -2.62. The molecule has 154 valence electrons. The van der Waals surface area contributed by atoms with Crippen LogP contribution in [0.4, 0.5) is 0 Å². The molecule has 0 radical (unpaired) electrons. The molecule has 30 heavy (non-hydrogen) atoms. The summed E-state index contributed by atoms with van der Waals surface area (Å²) in [5, 5.41) is 0. The van der Waals surface area contributed by atoms with Gasteiger partial charge in [-0.05, 0) is 29.8 Å². The normalized spacial score (nSPS) is 23.5. The van der Waals surface area contributed by atoms with Gasteiger partial charge >= 0.3 is 0 Å². The van der Waals surface area contributed by atoms with E-state index >= 15 is 0 Å². The van der Waals surface area contributed by atoms with Crippen LogP contribution in [0, 0.1) is 0 Å². The van der Waals surface area contributed by atoms with E-state index in [2.05, 4.69) is 48.5 Å². The number of benzene rings is 3. The molecule has 2 aliphatic rings. The molecule has 2 aliphatic heterocycles. The number of ether oxygens (including phenoxy) is 1. The molecule has 3 aromatic carbocycles. The number of piperidine rings is 1. The van der Waals surface area contributed by atoms with E-state index in [-0.39, 0.29) is 0 Å². The Bertz CT molecular complexity index is 963. The van der Waals surface area contributed by atoms with E-state index in [1.165, 1.54) is 51.0 Å². The van der Waals surface area contributed by atoms with Gasteiger partial charge < -0.3 is 14.5 Å². The van der Waals surface area contributed by atoms with Gasteiger partial charge in [0, 0.05) is 30.4 Å². The summed E-state index contributed by atoms with van der Waals surface area (Å²) >= 11 is 0. The molecule has 5 rings (SSSR count). The fourth-order valence-electron chi connectivity index (χ4n) is 5.19. The predicted octanol–water partition coefficient (Wildman–Crippen LogP) is 2.67. The van der Waals surface area contributed by atoms with Crippen LogP contribution >= 0.6 is 0 Å². The molecule has 2 heterocycles. The molecule has 3 nitrogen and oxygen atoms in total. The highest BCUT2D eigenvalue weighted by molar-refractivity contribution is 5.33. The fraction of sp³-hybridized carbons (Fsp3) is 0.333. The van der Waals surface area contributed by atoms with Crippen LogP contribution in [0.5, 0.6) is 11.5 Å². The van der Waals surface area contributed by atoms with Crippen molar-refractivity contribution in [1.29, 1.82) is 0 Å². The summed E-state index contributed by atoms with van der Waals surface area (Å²) in [6.45, 7) is 6.17. The van der Waals surface area contributed by atoms with Gasteiger partial charge in [-0.1, -0.05) is 54.6 Å². The molecule has 1 unspecified atom stereocenters. The van der Waals surface area contributed by atoms with Gasteiger partial charge in [0.25, 0.3) is 0 Å². The van der Waals surface area contributed by atoms with Crippen LogP contribution in [0.25, 0.3) is 0 Å². The molecule has 0 bridgehead atoms. The minimum Gasteiger partial charge on any atom is -0.457 e. The number of likely N-dealkylation sites (tertiary alicyclic amines) is 1. The Morgan fingerprint density at radius 1 is 0.733 bits per heavy atom. The second-order valence-electron chi connectivity index (χ2n) is 8.87. The number of hydrogen-bond acceptors (Lipinski definition) is 1. The average molecular weight is 401 g/mol. The minimum atomic E-state index is 0.829. The van der Waals surface area contributed by atoms with E-state index in [4.69, 9.17) is 4.74 Å². The topological polar surface area (TPSA) is 18.1 Å². The van der Waals surface area contributed by atoms with Gasteiger partial charge in [0.05, 0.1) is 25.7 Å². The number of nitrogens with one attached hydrogen (secondary N) is 2. The molecular formula is C27H32N2O+2. The van der Waals surface area contributed by atoms with E-state index in [1.54, 1.807) is 16.0 Å². The van der Waals surface area contributed by atoms with Crippen molar-refractivity contribution >= 4 is 0 Å². The van der Waals surface area contributed by atoms with Crippen molar-refractivity contribution in [1.82, 2.24) is 0 Å². The van der Waals surface area contributed by atoms with E-state index < -0.39 is 0 Å². The fourth-order valence-corrected chi connectivity index (χ4v) is 5.19. The van der Waals surface area contributed by atoms with Crippen LogP contribution in [-0.2, 0) is 19.5 Å². The molecule has 1 saturated heterocycles. The smallest absolute Gasteiger partial charge is 0.127 e. The van der Waals surface area contributed by atoms with E-state index in [0.29, 0.717) is 0 Å². The molecule has 0 aliphatic carbocycles. The molecule has 0 amide bonds. The predicted molar refractivity (Wildman–Crippen MR) is 120 cm³/mol. The van der Waals surface area contributed by atoms with Crippen molar-refractivity contribution in [2.75, 3.05) is 19.6 Å². The molecule has 0 spiro atoms. The van der Waals surface area contributed by atoms with Crippen LogP contribution < -0.4 is 14.5 Å². The summed E-state index contributed by atoms with van der Waals surface area (Å²) in [6.07, 6.45) is 3.92. The van der Waals surface area contributed by atoms with Crippen LogP contribution in [-0.4, -0.2) is 25.7 Å². The van der Waals surface area contributed by atoms with Gasteiger partial charge in [-0.2, -0.15) is 0 Å². The van der Waals surface area contributed by atoms with Gasteiger partial charge in [0.15, 0.2) is 0 Å². The highest BCUT2D eigenvalue weighted by Gasteiger charge is 2.32. The first kappa shape index (κ1) is 19.3. The average Bonchev–Trinajstić information content (AvgIpc) is 2.80. The summed E-state index contributed by atoms with van der Waals surface area (Å²) in [5.41, 5.74) is 4.52. The van der Waals surface area contributed by atoms with Gasteiger partial charge in [-0.3, -0.25) is 0 Å². The zero-order valence-electron chi connectivity index (χ0n) is 17.6. The maximum absolute atomic E-state index is 6.02. The second kappa shape index (κ2) is 9.03. The Balaban J connectivity index is 1.15. The lowest BCUT2D eigenvalue weighted by Gasteiger charge is -2.36. The van der Waals surface area contributed by atoms with Crippen LogP contribution in [0.2, 0.25) is 0 Å². The summed E-state index contributed by atoms with van der Waals surface area (Å²) in [6, 6.07) is 28.5. The highest BCUT2D eigenvalue weighted by atomic mass is 16.5. The van der Waals surface area contributed by atoms with Gasteiger partial charge in [-0.25, -0.2) is 0 Å². The zero-order valence-corrected chi connectivity index (χ0v) is 17.6. The van der Waals surface area contributed by atoms with E-state index in [9.17, 15) is 0 Å². The highest BCUT2D eigenvalue weighted by Crippen LogP contribution is 2.21. The summed E-state index contributed by atoms with van der Waals surface area (Å²) in [4.78, 5) is 3.52. The third kappa shape index (κ3) is 4.58. The lowest BCUT2D eigenvalue weighted by Crippen LogP contribution is -3.20. The molecule has 0 saturated carbocycles. The van der Waals surface area contributed by atoms with Crippen LogP contribution in [0.1, 0.15) is 29.5 Å². The van der Waals surface area contributed by atoms with Gasteiger partial charge in [0.2, 0.25) is 0 Å². The molecular weight excluding hydrogens is 368 g/mol. The third-order valence-electron chi connectivity index (χ3n) is 6.85. The van der Waals surface area contributed by atoms with Gasteiger partial charge in [0.1, 0.15) is 24.6 Å². The first-order valence-electron chi connectivity index (χ1n) is 11.4. The second-order valence-corrected chi connectivity index (χ2v) is 8.87. The lowest BCUT2D eigenvalue weighted by molar-refractivity contribution is -0.972. The SMILES string of the molecule is c1ccc(Oc2cccc(C[NH+]3CCC([NH+]4CCc5ccccc5C4)CC3)c2)cc1. The molecule has 3 heteroatoms. The maximum atomic E-state index is 6.02. The lowest BCUT2D eigenvalue weighted by atomic mass is 9.95. The van der Waals surface area contributed by atoms with Gasteiger partial charge in [-0.15, -0.1) is 0 Å². The molecule has 1 atom stereocenters. The standard InChI is InChI=1S/C27H30N2O/c1-2-10-26(11-3-1)30-27-12-6-7-22(19-27)20-28-16-14-25(15-17-28)29-18-13-23-8-4-5-9-24(23)21-29/h1-12,19,25H,13-18,20-21H2/p+2. The minimum absolute atomic E-state index is 0.829. The first-order chi connectivity index (χ1) is 14.8. The van der Waals surface area contributed by atoms with Crippen molar-refractivity contribution in [3.63, 3.8) is 0 Å². The Morgan fingerprint density at radius 2 is 1.47 bits per heavy atom. The molecule has 1 fully saturated rings. The number of rotatable bonds is 5. The maximum Gasteiger partial charge on any atom is 0.127 e. The van der Waals surface area contributed by atoms with Crippen molar-refractivity contribution in [3.05, 3.63) is 95.6 Å². The van der Waals surface area contributed by atoms with Crippen LogP contribution in [0.15, 0.2) is 78.9 Å². The molecule has 2 N–H and O–H groups in total. The Labute approximate surface area is 179 Å². The zero-order chi connectivity index (χ0) is 20.2. The Kier molecular flexibility index (Phi) is 5.82. The summed E-state index contributed by atoms with van der Waals surface area (Å²) in [7, 11) is 0. The summed E-state index contributed by atoms with van der Waals surface area (Å²) in [5.74, 6) is 1.83.